The maximum Gasteiger partial charge on any atom is 0.262 e. The maximum atomic E-state index is 12.0. The third-order valence-electron chi connectivity index (χ3n) is 3.88. The van der Waals surface area contributed by atoms with Crippen LogP contribution in [0, 0.1) is 0 Å². The van der Waals surface area contributed by atoms with Crippen LogP contribution in [0.1, 0.15) is 5.56 Å². The van der Waals surface area contributed by atoms with Crippen LogP contribution in [0.4, 0.5) is 11.5 Å². The Morgan fingerprint density at radius 3 is 2.57 bits per heavy atom. The van der Waals surface area contributed by atoms with Gasteiger partial charge in [-0.25, -0.2) is 4.98 Å². The van der Waals surface area contributed by atoms with E-state index in [1.54, 1.807) is 49.7 Å². The Kier molecular flexibility index (Phi) is 6.70. The molecule has 0 spiro atoms. The molecule has 0 radical (unpaired) electrons. The molecule has 7 heteroatoms. The van der Waals surface area contributed by atoms with Gasteiger partial charge in [0, 0.05) is 17.1 Å². The summed E-state index contributed by atoms with van der Waals surface area (Å²) in [6.07, 6.45) is 1.59. The molecule has 3 rings (SSSR count). The number of methoxy groups -OCH3 is 1. The number of rotatable bonds is 8. The average molecular weight is 398 g/mol. The predicted octanol–water partition coefficient (Wildman–Crippen LogP) is 4.37. The number of anilines is 2. The van der Waals surface area contributed by atoms with E-state index in [9.17, 15) is 4.79 Å². The number of hydrogen-bond acceptors (Lipinski definition) is 5. The number of nitrogens with zero attached hydrogens (tertiary/aromatic N) is 1. The molecule has 0 atom stereocenters. The number of hydrogen-bond donors (Lipinski definition) is 2. The van der Waals surface area contributed by atoms with Gasteiger partial charge in [-0.2, -0.15) is 0 Å². The Balaban J connectivity index is 1.48. The van der Waals surface area contributed by atoms with Crippen LogP contribution in [0.5, 0.6) is 11.5 Å². The summed E-state index contributed by atoms with van der Waals surface area (Å²) in [6.45, 7) is 0.479. The zero-order valence-electron chi connectivity index (χ0n) is 15.3. The zero-order valence-corrected chi connectivity index (χ0v) is 16.1. The number of para-hydroxylation sites is 1. The highest BCUT2D eigenvalue weighted by Gasteiger charge is 2.05. The molecule has 2 N–H and O–H groups in total. The third-order valence-corrected chi connectivity index (χ3v) is 4.14. The molecule has 0 saturated carbocycles. The highest BCUT2D eigenvalue weighted by atomic mass is 35.5. The number of benzene rings is 2. The van der Waals surface area contributed by atoms with Crippen molar-refractivity contribution in [2.75, 3.05) is 24.4 Å². The van der Waals surface area contributed by atoms with E-state index in [4.69, 9.17) is 21.1 Å². The summed E-state index contributed by atoms with van der Waals surface area (Å²) in [6, 6.07) is 18.2. The Morgan fingerprint density at radius 2 is 1.86 bits per heavy atom. The number of amides is 1. The topological polar surface area (TPSA) is 72.5 Å². The first-order valence-electron chi connectivity index (χ1n) is 8.64. The largest absolute Gasteiger partial charge is 0.496 e. The number of aromatic nitrogens is 1. The van der Waals surface area contributed by atoms with Crippen LogP contribution in [0.25, 0.3) is 0 Å². The van der Waals surface area contributed by atoms with Gasteiger partial charge in [-0.15, -0.1) is 0 Å². The van der Waals surface area contributed by atoms with Crippen LogP contribution in [0.3, 0.4) is 0 Å². The Morgan fingerprint density at radius 1 is 1.07 bits per heavy atom. The van der Waals surface area contributed by atoms with Gasteiger partial charge in [0.2, 0.25) is 0 Å². The van der Waals surface area contributed by atoms with Gasteiger partial charge in [-0.3, -0.25) is 4.79 Å². The van der Waals surface area contributed by atoms with E-state index in [1.165, 1.54) is 0 Å². The molecular formula is C21H20ClN3O3. The van der Waals surface area contributed by atoms with Crippen molar-refractivity contribution in [1.82, 2.24) is 4.98 Å². The van der Waals surface area contributed by atoms with Gasteiger partial charge in [0.1, 0.15) is 17.3 Å². The lowest BCUT2D eigenvalue weighted by molar-refractivity contribution is -0.118. The smallest absolute Gasteiger partial charge is 0.262 e. The molecule has 1 aromatic heterocycles. The SMILES string of the molecule is COc1ccccc1CNc1ccc(NC(=O)COc2ccc(Cl)cc2)cn1. The number of ether oxygens (including phenoxy) is 2. The molecule has 0 saturated heterocycles. The molecule has 3 aromatic rings. The highest BCUT2D eigenvalue weighted by Crippen LogP contribution is 2.19. The minimum Gasteiger partial charge on any atom is -0.496 e. The van der Waals surface area contributed by atoms with E-state index in [0.29, 0.717) is 28.8 Å². The van der Waals surface area contributed by atoms with Gasteiger partial charge in [0.25, 0.3) is 5.91 Å². The molecule has 0 bridgehead atoms. The Bertz CT molecular complexity index is 915. The normalized spacial score (nSPS) is 10.2. The van der Waals surface area contributed by atoms with E-state index in [0.717, 1.165) is 11.3 Å². The van der Waals surface area contributed by atoms with Crippen molar-refractivity contribution in [3.8, 4) is 11.5 Å². The molecule has 0 aliphatic heterocycles. The summed E-state index contributed by atoms with van der Waals surface area (Å²) >= 11 is 5.81. The number of halogens is 1. The lowest BCUT2D eigenvalue weighted by Crippen LogP contribution is -2.20. The minimum absolute atomic E-state index is 0.102. The molecule has 144 valence electrons. The standard InChI is InChI=1S/C21H20ClN3O3/c1-27-19-5-3-2-4-15(19)12-23-20-11-8-17(13-24-20)25-21(26)14-28-18-9-6-16(22)7-10-18/h2-11,13H,12,14H2,1H3,(H,23,24)(H,25,26). The van der Waals surface area contributed by atoms with Crippen molar-refractivity contribution in [1.29, 1.82) is 0 Å². The summed E-state index contributed by atoms with van der Waals surface area (Å²) in [4.78, 5) is 16.3. The molecule has 0 aliphatic carbocycles. The summed E-state index contributed by atoms with van der Waals surface area (Å²) in [5.41, 5.74) is 1.62. The van der Waals surface area contributed by atoms with Gasteiger partial charge in [0.15, 0.2) is 6.61 Å². The van der Waals surface area contributed by atoms with Crippen molar-refractivity contribution < 1.29 is 14.3 Å². The molecule has 0 fully saturated rings. The monoisotopic (exact) mass is 397 g/mol. The Hall–Kier alpha value is -3.25. The summed E-state index contributed by atoms with van der Waals surface area (Å²) in [7, 11) is 1.64. The van der Waals surface area contributed by atoms with Gasteiger partial charge in [0.05, 0.1) is 19.0 Å². The van der Waals surface area contributed by atoms with E-state index in [1.807, 2.05) is 24.3 Å². The van der Waals surface area contributed by atoms with Crippen LogP contribution >= 0.6 is 11.6 Å². The molecule has 1 heterocycles. The second-order valence-corrected chi connectivity index (χ2v) is 6.32. The van der Waals surface area contributed by atoms with Crippen LogP contribution in [0.15, 0.2) is 66.9 Å². The fraction of sp³-hybridized carbons (Fsp3) is 0.143. The number of carbonyl (C=O) groups is 1. The van der Waals surface area contributed by atoms with Crippen molar-refractivity contribution in [3.63, 3.8) is 0 Å². The van der Waals surface area contributed by atoms with E-state index < -0.39 is 0 Å². The molecule has 2 aromatic carbocycles. The first-order chi connectivity index (χ1) is 13.6. The van der Waals surface area contributed by atoms with Crippen LogP contribution in [-0.2, 0) is 11.3 Å². The van der Waals surface area contributed by atoms with Crippen LogP contribution in [0.2, 0.25) is 5.02 Å². The highest BCUT2D eigenvalue weighted by molar-refractivity contribution is 6.30. The quantitative estimate of drug-likeness (QED) is 0.590. The summed E-state index contributed by atoms with van der Waals surface area (Å²) in [5, 5.41) is 6.58. The van der Waals surface area contributed by atoms with E-state index in [2.05, 4.69) is 15.6 Å². The zero-order chi connectivity index (χ0) is 19.8. The molecule has 28 heavy (non-hydrogen) atoms. The first-order valence-corrected chi connectivity index (χ1v) is 9.02. The van der Waals surface area contributed by atoms with Gasteiger partial charge >= 0.3 is 0 Å². The van der Waals surface area contributed by atoms with Crippen molar-refractivity contribution >= 4 is 29.0 Å². The summed E-state index contributed by atoms with van der Waals surface area (Å²) in [5.74, 6) is 1.82. The van der Waals surface area contributed by atoms with Crippen LogP contribution < -0.4 is 20.1 Å². The lowest BCUT2D eigenvalue weighted by atomic mass is 10.2. The Labute approximate surface area is 168 Å². The average Bonchev–Trinajstić information content (AvgIpc) is 2.73. The number of pyridine rings is 1. The fourth-order valence-electron chi connectivity index (χ4n) is 2.48. The van der Waals surface area contributed by atoms with Crippen molar-refractivity contribution in [2.24, 2.45) is 0 Å². The summed E-state index contributed by atoms with van der Waals surface area (Å²) < 4.78 is 10.7. The van der Waals surface area contributed by atoms with Crippen molar-refractivity contribution in [2.45, 2.75) is 6.54 Å². The third kappa shape index (κ3) is 5.62. The van der Waals surface area contributed by atoms with Gasteiger partial charge in [-0.1, -0.05) is 29.8 Å². The molecular weight excluding hydrogens is 378 g/mol. The molecule has 0 aliphatic rings. The number of nitrogens with one attached hydrogen (secondary N) is 2. The van der Waals surface area contributed by atoms with Gasteiger partial charge in [-0.05, 0) is 42.5 Å². The number of carbonyl (C=O) groups excluding carboxylic acids is 1. The van der Waals surface area contributed by atoms with Crippen molar-refractivity contribution in [3.05, 3.63) is 77.4 Å². The molecule has 6 nitrogen and oxygen atoms in total. The molecule has 1 amide bonds. The second kappa shape index (κ2) is 9.62. The van der Waals surface area contributed by atoms with Crippen LogP contribution in [-0.4, -0.2) is 24.6 Å². The predicted molar refractivity (Wildman–Crippen MR) is 110 cm³/mol. The lowest BCUT2D eigenvalue weighted by Gasteiger charge is -2.11. The fourth-order valence-corrected chi connectivity index (χ4v) is 2.61. The van der Waals surface area contributed by atoms with E-state index >= 15 is 0 Å². The first kappa shape index (κ1) is 19.5. The van der Waals surface area contributed by atoms with E-state index in [-0.39, 0.29) is 12.5 Å². The van der Waals surface area contributed by atoms with Gasteiger partial charge < -0.3 is 20.1 Å². The minimum atomic E-state index is -0.272. The second-order valence-electron chi connectivity index (χ2n) is 5.89. The molecule has 0 unspecified atom stereocenters. The maximum absolute atomic E-state index is 12.0.